The monoisotopic (exact) mass is 412 g/mol. The largest absolute Gasteiger partial charge is 0.165 e. The highest BCUT2D eigenvalue weighted by atomic mass is 32.2. The fourth-order valence-electron chi connectivity index (χ4n) is 3.32. The Morgan fingerprint density at radius 2 is 0.913 bits per heavy atom. The molecule has 0 aromatic rings. The fraction of sp³-hybridized carbons (Fsp3) is 1.00. The van der Waals surface area contributed by atoms with Gasteiger partial charge in [0.2, 0.25) is 0 Å². The van der Waals surface area contributed by atoms with Gasteiger partial charge in [0.05, 0.1) is 8.07 Å². The molecular formula is C18H40S4Si. The van der Waals surface area contributed by atoms with E-state index in [-0.39, 0.29) is 0 Å². The zero-order valence-electron chi connectivity index (χ0n) is 16.0. The molecule has 0 aromatic carbocycles. The standard InChI is InChI=1S/C18H40S4Si/c1-5-21-13-9-17-23(15-7-11-19-3,16-8-12-20-4)18-10-14-22-6-2/h5-18H2,1-4H3. The lowest BCUT2D eigenvalue weighted by Gasteiger charge is -2.32. The molecule has 140 valence electrons. The van der Waals surface area contributed by atoms with Crippen LogP contribution in [0, 0.1) is 0 Å². The molecule has 0 aliphatic heterocycles. The molecule has 0 unspecified atom stereocenters. The predicted octanol–water partition coefficient (Wildman–Crippen LogP) is 7.23. The molecule has 0 atom stereocenters. The van der Waals surface area contributed by atoms with Crippen LogP contribution in [0.15, 0.2) is 0 Å². The van der Waals surface area contributed by atoms with Crippen LogP contribution in [0.25, 0.3) is 0 Å². The third kappa shape index (κ3) is 14.5. The first-order valence-corrected chi connectivity index (χ1v) is 17.3. The van der Waals surface area contributed by atoms with E-state index < -0.39 is 8.07 Å². The van der Waals surface area contributed by atoms with E-state index in [2.05, 4.69) is 49.9 Å². The second kappa shape index (κ2) is 18.4. The molecule has 0 N–H and O–H groups in total. The van der Waals surface area contributed by atoms with Crippen molar-refractivity contribution in [2.45, 2.75) is 63.7 Å². The second-order valence-corrected chi connectivity index (χ2v) is 16.1. The average Bonchev–Trinajstić information content (AvgIpc) is 2.56. The molecule has 0 amide bonds. The number of thioether (sulfide) groups is 4. The van der Waals surface area contributed by atoms with Crippen molar-refractivity contribution in [2.75, 3.05) is 47.0 Å². The summed E-state index contributed by atoms with van der Waals surface area (Å²) in [5.41, 5.74) is 0. The summed E-state index contributed by atoms with van der Waals surface area (Å²) in [5, 5.41) is 0. The molecule has 0 aliphatic carbocycles. The van der Waals surface area contributed by atoms with Gasteiger partial charge in [-0.15, -0.1) is 0 Å². The summed E-state index contributed by atoms with van der Waals surface area (Å²) in [5.74, 6) is 8.15. The number of hydrogen-bond acceptors (Lipinski definition) is 4. The molecule has 0 aliphatic rings. The van der Waals surface area contributed by atoms with Gasteiger partial charge in [0, 0.05) is 0 Å². The Morgan fingerprint density at radius 1 is 0.565 bits per heavy atom. The van der Waals surface area contributed by atoms with Crippen molar-refractivity contribution in [1.82, 2.24) is 0 Å². The maximum atomic E-state index is 2.30. The molecule has 0 nitrogen and oxygen atoms in total. The predicted molar refractivity (Wildman–Crippen MR) is 126 cm³/mol. The lowest BCUT2D eigenvalue weighted by molar-refractivity contribution is 0.893. The molecule has 23 heavy (non-hydrogen) atoms. The van der Waals surface area contributed by atoms with Crippen molar-refractivity contribution in [1.29, 1.82) is 0 Å². The smallest absolute Gasteiger partial charge is 0.0537 e. The van der Waals surface area contributed by atoms with E-state index in [0.29, 0.717) is 0 Å². The van der Waals surface area contributed by atoms with Gasteiger partial charge < -0.3 is 0 Å². The molecule has 0 saturated carbocycles. The van der Waals surface area contributed by atoms with E-state index >= 15 is 0 Å². The zero-order valence-corrected chi connectivity index (χ0v) is 20.3. The van der Waals surface area contributed by atoms with Gasteiger partial charge >= 0.3 is 0 Å². The lowest BCUT2D eigenvalue weighted by Crippen LogP contribution is -2.34. The highest BCUT2D eigenvalue weighted by Gasteiger charge is 2.30. The summed E-state index contributed by atoms with van der Waals surface area (Å²) in [6.07, 6.45) is 10.5. The van der Waals surface area contributed by atoms with Crippen LogP contribution in [-0.2, 0) is 0 Å². The first kappa shape index (κ1) is 24.6. The van der Waals surface area contributed by atoms with Gasteiger partial charge in [-0.2, -0.15) is 47.0 Å². The van der Waals surface area contributed by atoms with E-state index in [1.54, 1.807) is 24.2 Å². The molecule has 0 bridgehead atoms. The summed E-state index contributed by atoms with van der Waals surface area (Å²) in [4.78, 5) is 0. The Labute approximate surface area is 165 Å². The SMILES string of the molecule is CCSCCC[Si](CCCSC)(CCCSC)CCCSCC. The normalized spacial score (nSPS) is 12.0. The minimum Gasteiger partial charge on any atom is -0.165 e. The Kier molecular flexibility index (Phi) is 19.7. The first-order valence-electron chi connectivity index (χ1n) is 9.38. The van der Waals surface area contributed by atoms with Crippen LogP contribution in [0.4, 0.5) is 0 Å². The average molecular weight is 413 g/mol. The summed E-state index contributed by atoms with van der Waals surface area (Å²) in [7, 11) is -1.02. The molecule has 0 fully saturated rings. The van der Waals surface area contributed by atoms with Crippen LogP contribution in [0.1, 0.15) is 39.5 Å². The van der Waals surface area contributed by atoms with Crippen LogP contribution < -0.4 is 0 Å². The highest BCUT2D eigenvalue weighted by molar-refractivity contribution is 7.99. The van der Waals surface area contributed by atoms with Crippen molar-refractivity contribution >= 4 is 55.1 Å². The molecule has 0 rings (SSSR count). The topological polar surface area (TPSA) is 0 Å². The first-order chi connectivity index (χ1) is 11.2. The van der Waals surface area contributed by atoms with Crippen molar-refractivity contribution in [2.24, 2.45) is 0 Å². The second-order valence-electron chi connectivity index (χ2n) is 6.29. The third-order valence-electron chi connectivity index (χ3n) is 4.51. The molecule has 0 heterocycles. The maximum Gasteiger partial charge on any atom is 0.0537 e. The maximum absolute atomic E-state index is 2.30. The lowest BCUT2D eigenvalue weighted by atomic mass is 10.5. The fourth-order valence-corrected chi connectivity index (χ4v) is 11.7. The van der Waals surface area contributed by atoms with Crippen molar-refractivity contribution in [3.63, 3.8) is 0 Å². The molecule has 0 aromatic heterocycles. The highest BCUT2D eigenvalue weighted by Crippen LogP contribution is 2.33. The van der Waals surface area contributed by atoms with Crippen LogP contribution >= 0.6 is 47.0 Å². The van der Waals surface area contributed by atoms with Crippen LogP contribution in [0.2, 0.25) is 24.2 Å². The van der Waals surface area contributed by atoms with E-state index in [4.69, 9.17) is 0 Å². The Balaban J connectivity index is 4.55. The Hall–Kier alpha value is 1.62. The van der Waals surface area contributed by atoms with Gasteiger partial charge in [0.15, 0.2) is 0 Å². The van der Waals surface area contributed by atoms with Gasteiger partial charge in [0.25, 0.3) is 0 Å². The summed E-state index contributed by atoms with van der Waals surface area (Å²) >= 11 is 8.38. The summed E-state index contributed by atoms with van der Waals surface area (Å²) in [6, 6.07) is 6.44. The van der Waals surface area contributed by atoms with E-state index in [9.17, 15) is 0 Å². The molecular weight excluding hydrogens is 373 g/mol. The third-order valence-corrected chi connectivity index (χ3v) is 13.5. The van der Waals surface area contributed by atoms with Crippen LogP contribution in [0.5, 0.6) is 0 Å². The van der Waals surface area contributed by atoms with E-state index in [1.165, 1.54) is 60.2 Å². The summed E-state index contributed by atoms with van der Waals surface area (Å²) < 4.78 is 0. The summed E-state index contributed by atoms with van der Waals surface area (Å²) in [6.45, 7) is 4.60. The molecule has 5 heteroatoms. The van der Waals surface area contributed by atoms with Crippen molar-refractivity contribution < 1.29 is 0 Å². The Morgan fingerprint density at radius 3 is 1.22 bits per heavy atom. The van der Waals surface area contributed by atoms with Gasteiger partial charge in [-0.3, -0.25) is 0 Å². The van der Waals surface area contributed by atoms with E-state index in [0.717, 1.165) is 0 Å². The van der Waals surface area contributed by atoms with E-state index in [1.807, 2.05) is 23.5 Å². The Bertz CT molecular complexity index is 215. The minimum absolute atomic E-state index is 1.02. The van der Waals surface area contributed by atoms with Gasteiger partial charge in [0.1, 0.15) is 0 Å². The van der Waals surface area contributed by atoms with Crippen LogP contribution in [0.3, 0.4) is 0 Å². The molecule has 0 radical (unpaired) electrons. The zero-order chi connectivity index (χ0) is 17.2. The molecule has 0 saturated heterocycles. The molecule has 0 spiro atoms. The van der Waals surface area contributed by atoms with Crippen molar-refractivity contribution in [3.05, 3.63) is 0 Å². The van der Waals surface area contributed by atoms with Gasteiger partial charge in [-0.1, -0.05) is 38.0 Å². The number of hydrogen-bond donors (Lipinski definition) is 0. The minimum atomic E-state index is -1.02. The van der Waals surface area contributed by atoms with Crippen LogP contribution in [-0.4, -0.2) is 55.1 Å². The van der Waals surface area contributed by atoms with Gasteiger partial charge in [-0.25, -0.2) is 0 Å². The van der Waals surface area contributed by atoms with Gasteiger partial charge in [-0.05, 0) is 72.7 Å². The quantitative estimate of drug-likeness (QED) is 0.172. The number of rotatable bonds is 18. The van der Waals surface area contributed by atoms with Crippen molar-refractivity contribution in [3.8, 4) is 0 Å².